The number of thiazole rings is 1. The Morgan fingerprint density at radius 1 is 1.05 bits per heavy atom. The van der Waals surface area contributed by atoms with Crippen LogP contribution in [0.15, 0.2) is 65.1 Å². The highest BCUT2D eigenvalue weighted by molar-refractivity contribution is 7.84. The van der Waals surface area contributed by atoms with E-state index in [0.29, 0.717) is 0 Å². The van der Waals surface area contributed by atoms with Gasteiger partial charge in [-0.2, -0.15) is 0 Å². The van der Waals surface area contributed by atoms with Crippen molar-refractivity contribution in [2.75, 3.05) is 6.26 Å². The van der Waals surface area contributed by atoms with Crippen LogP contribution in [0.4, 0.5) is 0 Å². The van der Waals surface area contributed by atoms with E-state index in [4.69, 9.17) is 0 Å². The van der Waals surface area contributed by atoms with Crippen LogP contribution in [0.2, 0.25) is 0 Å². The summed E-state index contributed by atoms with van der Waals surface area (Å²) in [5.41, 5.74) is 5.19. The minimum Gasteiger partial charge on any atom is -0.255 e. The van der Waals surface area contributed by atoms with Gasteiger partial charge in [0, 0.05) is 33.7 Å². The number of aromatic nitrogens is 1. The first-order chi connectivity index (χ1) is 9.75. The predicted molar refractivity (Wildman–Crippen MR) is 85.3 cm³/mol. The fourth-order valence-electron chi connectivity index (χ4n) is 2.12. The highest BCUT2D eigenvalue weighted by atomic mass is 32.2. The molecule has 0 amide bonds. The zero-order valence-corrected chi connectivity index (χ0v) is 12.6. The second-order valence-corrected chi connectivity index (χ2v) is 6.66. The van der Waals surface area contributed by atoms with Gasteiger partial charge in [0.2, 0.25) is 0 Å². The molecule has 1 aromatic heterocycles. The molecular formula is C16H13NOS2. The van der Waals surface area contributed by atoms with Crippen molar-refractivity contribution < 1.29 is 4.21 Å². The molecule has 3 aromatic rings. The highest BCUT2D eigenvalue weighted by Gasteiger charge is 2.11. The first kappa shape index (κ1) is 13.2. The van der Waals surface area contributed by atoms with Gasteiger partial charge >= 0.3 is 0 Å². The van der Waals surface area contributed by atoms with Crippen LogP contribution >= 0.6 is 11.3 Å². The maximum Gasteiger partial charge on any atom is 0.0797 e. The SMILES string of the molecule is CS(=O)c1ccc(-c2cncs2)c(-c2ccccc2)c1. The molecule has 100 valence electrons. The molecule has 0 bridgehead atoms. The normalized spacial score (nSPS) is 12.2. The first-order valence-corrected chi connectivity index (χ1v) is 8.61. The molecule has 0 fully saturated rings. The van der Waals surface area contributed by atoms with E-state index in [1.54, 1.807) is 17.6 Å². The first-order valence-electron chi connectivity index (χ1n) is 6.17. The van der Waals surface area contributed by atoms with E-state index in [0.717, 1.165) is 26.5 Å². The summed E-state index contributed by atoms with van der Waals surface area (Å²) in [5, 5.41) is 0. The lowest BCUT2D eigenvalue weighted by Crippen LogP contribution is -1.90. The summed E-state index contributed by atoms with van der Waals surface area (Å²) in [5.74, 6) is 0. The van der Waals surface area contributed by atoms with Crippen molar-refractivity contribution in [2.45, 2.75) is 4.90 Å². The minimum atomic E-state index is -0.980. The lowest BCUT2D eigenvalue weighted by molar-refractivity contribution is 0.687. The molecule has 0 saturated heterocycles. The lowest BCUT2D eigenvalue weighted by atomic mass is 9.99. The van der Waals surface area contributed by atoms with Gasteiger partial charge in [-0.05, 0) is 23.3 Å². The summed E-state index contributed by atoms with van der Waals surface area (Å²) in [6, 6.07) is 16.1. The summed E-state index contributed by atoms with van der Waals surface area (Å²) in [6.45, 7) is 0. The van der Waals surface area contributed by atoms with Crippen molar-refractivity contribution in [3.63, 3.8) is 0 Å². The molecule has 3 rings (SSSR count). The summed E-state index contributed by atoms with van der Waals surface area (Å²) < 4.78 is 11.7. The smallest absolute Gasteiger partial charge is 0.0797 e. The third-order valence-corrected chi connectivity index (χ3v) is 4.83. The van der Waals surface area contributed by atoms with E-state index in [1.165, 1.54) is 0 Å². The van der Waals surface area contributed by atoms with Crippen LogP contribution < -0.4 is 0 Å². The topological polar surface area (TPSA) is 30.0 Å². The third-order valence-electron chi connectivity index (χ3n) is 3.11. The minimum absolute atomic E-state index is 0.845. The molecule has 0 N–H and O–H groups in total. The van der Waals surface area contributed by atoms with Gasteiger partial charge in [-0.15, -0.1) is 11.3 Å². The second kappa shape index (κ2) is 5.69. The van der Waals surface area contributed by atoms with E-state index in [-0.39, 0.29) is 0 Å². The van der Waals surface area contributed by atoms with Crippen LogP contribution in [0.3, 0.4) is 0 Å². The Balaban J connectivity index is 2.23. The second-order valence-electron chi connectivity index (χ2n) is 4.39. The monoisotopic (exact) mass is 299 g/mol. The lowest BCUT2D eigenvalue weighted by Gasteiger charge is -2.10. The fourth-order valence-corrected chi connectivity index (χ4v) is 3.33. The van der Waals surface area contributed by atoms with Crippen molar-refractivity contribution in [2.24, 2.45) is 0 Å². The van der Waals surface area contributed by atoms with E-state index < -0.39 is 10.8 Å². The van der Waals surface area contributed by atoms with Crippen LogP contribution in [-0.2, 0) is 10.8 Å². The standard InChI is InChI=1S/C16H13NOS2/c1-20(18)13-7-8-14(16-10-17-11-19-16)15(9-13)12-5-3-2-4-6-12/h2-11H,1H3. The fraction of sp³-hybridized carbons (Fsp3) is 0.0625. The van der Waals surface area contributed by atoms with E-state index in [1.807, 2.05) is 48.1 Å². The molecule has 1 heterocycles. The Kier molecular flexibility index (Phi) is 3.76. The van der Waals surface area contributed by atoms with Crippen molar-refractivity contribution >= 4 is 22.1 Å². The van der Waals surface area contributed by atoms with Gasteiger partial charge in [0.15, 0.2) is 0 Å². The van der Waals surface area contributed by atoms with Gasteiger partial charge in [-0.1, -0.05) is 36.4 Å². The molecule has 0 aliphatic carbocycles. The van der Waals surface area contributed by atoms with Gasteiger partial charge in [0.25, 0.3) is 0 Å². The molecule has 0 radical (unpaired) electrons. The van der Waals surface area contributed by atoms with Gasteiger partial charge < -0.3 is 0 Å². The van der Waals surface area contributed by atoms with Gasteiger partial charge in [0.1, 0.15) is 0 Å². The van der Waals surface area contributed by atoms with Crippen LogP contribution in [-0.4, -0.2) is 15.4 Å². The van der Waals surface area contributed by atoms with Gasteiger partial charge in [-0.25, -0.2) is 0 Å². The summed E-state index contributed by atoms with van der Waals surface area (Å²) in [7, 11) is -0.980. The van der Waals surface area contributed by atoms with Crippen molar-refractivity contribution in [1.29, 1.82) is 0 Å². The molecule has 4 heteroatoms. The number of hydrogen-bond donors (Lipinski definition) is 0. The van der Waals surface area contributed by atoms with Crippen LogP contribution in [0, 0.1) is 0 Å². The zero-order chi connectivity index (χ0) is 13.9. The van der Waals surface area contributed by atoms with Crippen molar-refractivity contribution in [1.82, 2.24) is 4.98 Å². The average Bonchev–Trinajstić information content (AvgIpc) is 3.01. The molecule has 1 atom stereocenters. The summed E-state index contributed by atoms with van der Waals surface area (Å²) >= 11 is 1.61. The number of nitrogens with zero attached hydrogens (tertiary/aromatic N) is 1. The quantitative estimate of drug-likeness (QED) is 0.725. The molecule has 0 aliphatic heterocycles. The Hall–Kier alpha value is -1.78. The Labute approximate surface area is 124 Å². The molecule has 20 heavy (non-hydrogen) atoms. The average molecular weight is 299 g/mol. The molecule has 0 aliphatic rings. The van der Waals surface area contributed by atoms with E-state index in [9.17, 15) is 4.21 Å². The Bertz CT molecular complexity index is 736. The summed E-state index contributed by atoms with van der Waals surface area (Å²) in [4.78, 5) is 6.12. The van der Waals surface area contributed by atoms with E-state index >= 15 is 0 Å². The molecule has 2 nitrogen and oxygen atoms in total. The maximum absolute atomic E-state index is 11.7. The maximum atomic E-state index is 11.7. The number of rotatable bonds is 3. The molecule has 0 spiro atoms. The van der Waals surface area contributed by atoms with Crippen molar-refractivity contribution in [3.8, 4) is 21.6 Å². The van der Waals surface area contributed by atoms with Gasteiger partial charge in [0.05, 0.1) is 10.4 Å². The molecule has 2 aromatic carbocycles. The third kappa shape index (κ3) is 2.57. The number of benzene rings is 2. The zero-order valence-electron chi connectivity index (χ0n) is 10.9. The largest absolute Gasteiger partial charge is 0.255 e. The molecular weight excluding hydrogens is 286 g/mol. The van der Waals surface area contributed by atoms with E-state index in [2.05, 4.69) is 17.1 Å². The van der Waals surface area contributed by atoms with Gasteiger partial charge in [-0.3, -0.25) is 9.19 Å². The van der Waals surface area contributed by atoms with Crippen LogP contribution in [0.25, 0.3) is 21.6 Å². The highest BCUT2D eigenvalue weighted by Crippen LogP contribution is 2.35. The molecule has 0 saturated carbocycles. The van der Waals surface area contributed by atoms with Crippen LogP contribution in [0.1, 0.15) is 0 Å². The van der Waals surface area contributed by atoms with Crippen molar-refractivity contribution in [3.05, 3.63) is 60.2 Å². The Morgan fingerprint density at radius 3 is 2.50 bits per heavy atom. The predicted octanol–water partition coefficient (Wildman–Crippen LogP) is 4.21. The number of hydrogen-bond acceptors (Lipinski definition) is 3. The molecule has 1 unspecified atom stereocenters. The summed E-state index contributed by atoms with van der Waals surface area (Å²) in [6.07, 6.45) is 3.57. The Morgan fingerprint density at radius 2 is 1.85 bits per heavy atom. The van der Waals surface area contributed by atoms with Crippen LogP contribution in [0.5, 0.6) is 0 Å².